The zero-order valence-corrected chi connectivity index (χ0v) is 15.5. The first-order valence-electron chi connectivity index (χ1n) is 9.64. The van der Waals surface area contributed by atoms with E-state index in [1.165, 1.54) is 0 Å². The maximum absolute atomic E-state index is 12.4. The van der Waals surface area contributed by atoms with Gasteiger partial charge in [0, 0.05) is 23.9 Å². The summed E-state index contributed by atoms with van der Waals surface area (Å²) in [5.74, 6) is 0. The standard InChI is InChI=1S/C22H21N5O/c28-20-12-11-18(24-27(20)15-17-9-6-13-23-17)21-19-10-4-5-14-26(19)25-22(21)16-7-2-1-3-8-16/h1-5,7-8,10-12,14,17,23H,6,9,13,15H2. The van der Waals surface area contributed by atoms with Crippen molar-refractivity contribution >= 4 is 5.52 Å². The van der Waals surface area contributed by atoms with E-state index in [0.717, 1.165) is 47.4 Å². The van der Waals surface area contributed by atoms with Crippen LogP contribution in [0.4, 0.5) is 0 Å². The van der Waals surface area contributed by atoms with E-state index in [-0.39, 0.29) is 5.56 Å². The molecule has 1 saturated heterocycles. The van der Waals surface area contributed by atoms with Crippen LogP contribution < -0.4 is 10.9 Å². The molecule has 1 aromatic carbocycles. The van der Waals surface area contributed by atoms with Gasteiger partial charge in [-0.1, -0.05) is 36.4 Å². The number of hydrogen-bond acceptors (Lipinski definition) is 4. The minimum atomic E-state index is -0.0739. The predicted octanol–water partition coefficient (Wildman–Crippen LogP) is 2.98. The third-order valence-electron chi connectivity index (χ3n) is 5.27. The van der Waals surface area contributed by atoms with Gasteiger partial charge >= 0.3 is 0 Å². The second-order valence-electron chi connectivity index (χ2n) is 7.15. The van der Waals surface area contributed by atoms with Crippen molar-refractivity contribution < 1.29 is 0 Å². The van der Waals surface area contributed by atoms with E-state index in [0.29, 0.717) is 12.6 Å². The zero-order valence-electron chi connectivity index (χ0n) is 15.5. The highest BCUT2D eigenvalue weighted by Gasteiger charge is 2.20. The van der Waals surface area contributed by atoms with E-state index in [9.17, 15) is 4.79 Å². The van der Waals surface area contributed by atoms with Crippen LogP contribution in [-0.2, 0) is 6.54 Å². The highest BCUT2D eigenvalue weighted by Crippen LogP contribution is 2.33. The Balaban J connectivity index is 1.67. The highest BCUT2D eigenvalue weighted by molar-refractivity contribution is 5.90. The van der Waals surface area contributed by atoms with E-state index in [1.54, 1.807) is 16.8 Å². The smallest absolute Gasteiger partial charge is 0.266 e. The monoisotopic (exact) mass is 371 g/mol. The van der Waals surface area contributed by atoms with Crippen LogP contribution in [0.1, 0.15) is 12.8 Å². The second-order valence-corrected chi connectivity index (χ2v) is 7.15. The van der Waals surface area contributed by atoms with Gasteiger partial charge in [-0.2, -0.15) is 10.2 Å². The molecule has 6 nitrogen and oxygen atoms in total. The molecule has 1 aliphatic rings. The van der Waals surface area contributed by atoms with Gasteiger partial charge in [0.25, 0.3) is 5.56 Å². The fourth-order valence-corrected chi connectivity index (χ4v) is 3.88. The van der Waals surface area contributed by atoms with Crippen molar-refractivity contribution in [2.24, 2.45) is 0 Å². The number of pyridine rings is 1. The van der Waals surface area contributed by atoms with Crippen LogP contribution in [0.2, 0.25) is 0 Å². The Morgan fingerprint density at radius 1 is 1.00 bits per heavy atom. The maximum Gasteiger partial charge on any atom is 0.266 e. The van der Waals surface area contributed by atoms with Gasteiger partial charge in [0.05, 0.1) is 23.3 Å². The lowest BCUT2D eigenvalue weighted by Crippen LogP contribution is -2.33. The van der Waals surface area contributed by atoms with Crippen molar-refractivity contribution in [1.82, 2.24) is 24.7 Å². The van der Waals surface area contributed by atoms with Crippen LogP contribution in [0.15, 0.2) is 71.7 Å². The molecule has 0 radical (unpaired) electrons. The first-order valence-corrected chi connectivity index (χ1v) is 9.64. The number of nitrogens with one attached hydrogen (secondary N) is 1. The lowest BCUT2D eigenvalue weighted by molar-refractivity contribution is 0.461. The fourth-order valence-electron chi connectivity index (χ4n) is 3.88. The summed E-state index contributed by atoms with van der Waals surface area (Å²) in [5, 5.41) is 13.0. The molecule has 1 fully saturated rings. The Bertz CT molecular complexity index is 1170. The van der Waals surface area contributed by atoms with Crippen LogP contribution in [0.3, 0.4) is 0 Å². The summed E-state index contributed by atoms with van der Waals surface area (Å²) in [6.07, 6.45) is 4.15. The summed E-state index contributed by atoms with van der Waals surface area (Å²) in [4.78, 5) is 12.4. The third-order valence-corrected chi connectivity index (χ3v) is 5.27. The quantitative estimate of drug-likeness (QED) is 0.599. The molecule has 1 unspecified atom stereocenters. The molecule has 3 aromatic heterocycles. The summed E-state index contributed by atoms with van der Waals surface area (Å²) >= 11 is 0. The zero-order chi connectivity index (χ0) is 18.9. The lowest BCUT2D eigenvalue weighted by atomic mass is 10.0. The van der Waals surface area contributed by atoms with Gasteiger partial charge in [0.2, 0.25) is 0 Å². The number of fused-ring (bicyclic) bond motifs is 1. The van der Waals surface area contributed by atoms with E-state index < -0.39 is 0 Å². The largest absolute Gasteiger partial charge is 0.312 e. The molecule has 4 aromatic rings. The van der Waals surface area contributed by atoms with Gasteiger partial charge < -0.3 is 5.32 Å². The summed E-state index contributed by atoms with van der Waals surface area (Å²) < 4.78 is 3.45. The first-order chi connectivity index (χ1) is 13.8. The molecule has 0 saturated carbocycles. The van der Waals surface area contributed by atoms with E-state index >= 15 is 0 Å². The average Bonchev–Trinajstić information content (AvgIpc) is 3.38. The van der Waals surface area contributed by atoms with E-state index in [2.05, 4.69) is 5.32 Å². The summed E-state index contributed by atoms with van der Waals surface area (Å²) in [7, 11) is 0. The third kappa shape index (κ3) is 3.01. The summed E-state index contributed by atoms with van der Waals surface area (Å²) in [6, 6.07) is 19.8. The van der Waals surface area contributed by atoms with Crippen molar-refractivity contribution in [3.63, 3.8) is 0 Å². The molecule has 140 valence electrons. The lowest BCUT2D eigenvalue weighted by Gasteiger charge is -2.12. The second kappa shape index (κ2) is 7.05. The predicted molar refractivity (Wildman–Crippen MR) is 109 cm³/mol. The normalized spacial score (nSPS) is 16.6. The Hall–Kier alpha value is -3.25. The molecule has 5 rings (SSSR count). The number of benzene rings is 1. The molecule has 1 aliphatic heterocycles. The molecule has 1 N–H and O–H groups in total. The number of rotatable bonds is 4. The van der Waals surface area contributed by atoms with Gasteiger partial charge in [0.15, 0.2) is 0 Å². The fraction of sp³-hybridized carbons (Fsp3) is 0.227. The Morgan fingerprint density at radius 2 is 1.86 bits per heavy atom. The summed E-state index contributed by atoms with van der Waals surface area (Å²) in [5.41, 5.74) is 4.49. The molecule has 0 aliphatic carbocycles. The minimum Gasteiger partial charge on any atom is -0.312 e. The molecule has 0 bridgehead atoms. The van der Waals surface area contributed by atoms with Crippen LogP contribution in [0, 0.1) is 0 Å². The van der Waals surface area contributed by atoms with Gasteiger partial charge in [-0.15, -0.1) is 0 Å². The molecule has 0 amide bonds. The molecule has 6 heteroatoms. The van der Waals surface area contributed by atoms with Crippen LogP contribution in [0.25, 0.3) is 28.0 Å². The topological polar surface area (TPSA) is 64.2 Å². The Labute approximate surface area is 162 Å². The van der Waals surface area contributed by atoms with Crippen molar-refractivity contribution in [2.45, 2.75) is 25.4 Å². The van der Waals surface area contributed by atoms with E-state index in [4.69, 9.17) is 10.2 Å². The summed E-state index contributed by atoms with van der Waals surface area (Å²) in [6.45, 7) is 1.60. The van der Waals surface area contributed by atoms with Gasteiger partial charge in [0.1, 0.15) is 5.69 Å². The maximum atomic E-state index is 12.4. The molecule has 4 heterocycles. The van der Waals surface area contributed by atoms with Crippen LogP contribution in [-0.4, -0.2) is 32.0 Å². The van der Waals surface area contributed by atoms with Crippen molar-refractivity contribution in [3.8, 4) is 22.5 Å². The number of hydrogen-bond donors (Lipinski definition) is 1. The van der Waals surface area contributed by atoms with Gasteiger partial charge in [-0.05, 0) is 37.6 Å². The first kappa shape index (κ1) is 16.9. The van der Waals surface area contributed by atoms with Crippen molar-refractivity contribution in [2.75, 3.05) is 6.54 Å². The molecular formula is C22H21N5O. The molecule has 0 spiro atoms. The van der Waals surface area contributed by atoms with E-state index in [1.807, 2.05) is 59.2 Å². The SMILES string of the molecule is O=c1ccc(-c2c(-c3ccccc3)nn3ccccc23)nn1CC1CCCN1. The average molecular weight is 371 g/mol. The van der Waals surface area contributed by atoms with Crippen molar-refractivity contribution in [1.29, 1.82) is 0 Å². The van der Waals surface area contributed by atoms with Crippen LogP contribution >= 0.6 is 0 Å². The highest BCUT2D eigenvalue weighted by atomic mass is 16.1. The minimum absolute atomic E-state index is 0.0739. The Morgan fingerprint density at radius 3 is 2.68 bits per heavy atom. The van der Waals surface area contributed by atoms with Crippen molar-refractivity contribution in [3.05, 3.63) is 77.2 Å². The van der Waals surface area contributed by atoms with Gasteiger partial charge in [-0.3, -0.25) is 4.79 Å². The molecule has 1 atom stereocenters. The number of nitrogens with zero attached hydrogens (tertiary/aromatic N) is 4. The van der Waals surface area contributed by atoms with Crippen LogP contribution in [0.5, 0.6) is 0 Å². The Kier molecular flexibility index (Phi) is 4.25. The van der Waals surface area contributed by atoms with Gasteiger partial charge in [-0.25, -0.2) is 9.20 Å². The molecular weight excluding hydrogens is 350 g/mol. The molecule has 28 heavy (non-hydrogen) atoms. The number of aromatic nitrogens is 4.